The summed E-state index contributed by atoms with van der Waals surface area (Å²) in [5.74, 6) is -0.130. The maximum absolute atomic E-state index is 12.2. The van der Waals surface area contributed by atoms with Crippen molar-refractivity contribution in [1.29, 1.82) is 0 Å². The van der Waals surface area contributed by atoms with E-state index >= 15 is 0 Å². The highest BCUT2D eigenvalue weighted by Gasteiger charge is 2.24. The number of H-pyrrole nitrogens is 1. The summed E-state index contributed by atoms with van der Waals surface area (Å²) in [6, 6.07) is 7.46. The Bertz CT molecular complexity index is 602. The standard InChI is InChI=1S/C15H19N3O2.CH4/c16-13(15(19)18-7-3-4-8-20-18)9-11-10-17-14-6-2-1-5-12(11)14;/h1-2,5-6,10,13,17H,3-4,7-9,16H2;1H4/t13-;/m0./s1. The van der Waals surface area contributed by atoms with Crippen molar-refractivity contribution in [2.75, 3.05) is 13.2 Å². The van der Waals surface area contributed by atoms with Crippen LogP contribution in [0.4, 0.5) is 0 Å². The molecule has 0 unspecified atom stereocenters. The third kappa shape index (κ3) is 3.25. The number of fused-ring (bicyclic) bond motifs is 1. The normalized spacial score (nSPS) is 16.5. The van der Waals surface area contributed by atoms with E-state index in [1.807, 2.05) is 30.5 Å². The van der Waals surface area contributed by atoms with Crippen LogP contribution in [0.1, 0.15) is 25.8 Å². The summed E-state index contributed by atoms with van der Waals surface area (Å²) in [6.07, 6.45) is 4.42. The van der Waals surface area contributed by atoms with Crippen molar-refractivity contribution >= 4 is 16.8 Å². The average Bonchev–Trinajstić information content (AvgIpc) is 2.91. The van der Waals surface area contributed by atoms with Crippen molar-refractivity contribution in [2.24, 2.45) is 5.73 Å². The summed E-state index contributed by atoms with van der Waals surface area (Å²) in [5.41, 5.74) is 8.18. The van der Waals surface area contributed by atoms with E-state index in [1.165, 1.54) is 5.06 Å². The van der Waals surface area contributed by atoms with Crippen molar-refractivity contribution in [3.8, 4) is 0 Å². The molecular weight excluding hydrogens is 266 g/mol. The number of hydroxylamine groups is 2. The van der Waals surface area contributed by atoms with Crippen LogP contribution in [0.2, 0.25) is 0 Å². The van der Waals surface area contributed by atoms with E-state index in [0.717, 1.165) is 29.3 Å². The lowest BCUT2D eigenvalue weighted by atomic mass is 10.0. The number of hydrogen-bond donors (Lipinski definition) is 2. The molecule has 5 nitrogen and oxygen atoms in total. The Balaban J connectivity index is 0.00000161. The maximum Gasteiger partial charge on any atom is 0.263 e. The van der Waals surface area contributed by atoms with Crippen LogP contribution in [0.5, 0.6) is 0 Å². The van der Waals surface area contributed by atoms with Crippen LogP contribution < -0.4 is 5.73 Å². The van der Waals surface area contributed by atoms with Crippen LogP contribution >= 0.6 is 0 Å². The summed E-state index contributed by atoms with van der Waals surface area (Å²) < 4.78 is 0. The molecule has 1 aliphatic rings. The Morgan fingerprint density at radius 3 is 2.95 bits per heavy atom. The van der Waals surface area contributed by atoms with Gasteiger partial charge in [-0.3, -0.25) is 9.63 Å². The first kappa shape index (κ1) is 15.5. The third-order valence-electron chi connectivity index (χ3n) is 3.68. The molecule has 1 aliphatic heterocycles. The zero-order valence-corrected chi connectivity index (χ0v) is 11.3. The van der Waals surface area contributed by atoms with Gasteiger partial charge in [0.15, 0.2) is 0 Å². The highest BCUT2D eigenvalue weighted by atomic mass is 16.7. The van der Waals surface area contributed by atoms with Crippen molar-refractivity contribution in [3.05, 3.63) is 36.0 Å². The van der Waals surface area contributed by atoms with E-state index in [-0.39, 0.29) is 13.3 Å². The predicted molar refractivity (Wildman–Crippen MR) is 83.6 cm³/mol. The molecule has 114 valence electrons. The van der Waals surface area contributed by atoms with Crippen LogP contribution in [0.3, 0.4) is 0 Å². The average molecular weight is 289 g/mol. The van der Waals surface area contributed by atoms with E-state index in [4.69, 9.17) is 10.6 Å². The number of hydrogen-bond acceptors (Lipinski definition) is 3. The molecule has 3 N–H and O–H groups in total. The number of aromatic nitrogens is 1. The molecule has 0 bridgehead atoms. The lowest BCUT2D eigenvalue weighted by Crippen LogP contribution is -2.46. The molecule has 0 radical (unpaired) electrons. The smallest absolute Gasteiger partial charge is 0.263 e. The quantitative estimate of drug-likeness (QED) is 0.910. The van der Waals surface area contributed by atoms with Gasteiger partial charge in [-0.2, -0.15) is 0 Å². The number of carbonyl (C=O) groups is 1. The molecule has 5 heteroatoms. The van der Waals surface area contributed by atoms with Gasteiger partial charge in [-0.25, -0.2) is 5.06 Å². The highest BCUT2D eigenvalue weighted by Crippen LogP contribution is 2.19. The molecule has 21 heavy (non-hydrogen) atoms. The first-order chi connectivity index (χ1) is 9.75. The number of nitrogens with one attached hydrogen (secondary N) is 1. The summed E-state index contributed by atoms with van der Waals surface area (Å²) in [4.78, 5) is 20.8. The van der Waals surface area contributed by atoms with E-state index in [2.05, 4.69) is 4.98 Å². The first-order valence-electron chi connectivity index (χ1n) is 7.00. The lowest BCUT2D eigenvalue weighted by molar-refractivity contribution is -0.198. The lowest BCUT2D eigenvalue weighted by Gasteiger charge is -2.28. The number of aromatic amines is 1. The van der Waals surface area contributed by atoms with Crippen LogP contribution in [0.25, 0.3) is 10.9 Å². The molecule has 0 saturated carbocycles. The van der Waals surface area contributed by atoms with Crippen molar-refractivity contribution < 1.29 is 9.63 Å². The number of benzene rings is 1. The van der Waals surface area contributed by atoms with Crippen molar-refractivity contribution in [1.82, 2.24) is 10.0 Å². The molecule has 1 aromatic heterocycles. The molecular formula is C16H23N3O2. The Morgan fingerprint density at radius 1 is 1.38 bits per heavy atom. The minimum absolute atomic E-state index is 0. The van der Waals surface area contributed by atoms with E-state index < -0.39 is 6.04 Å². The van der Waals surface area contributed by atoms with Crippen LogP contribution in [-0.4, -0.2) is 35.1 Å². The van der Waals surface area contributed by atoms with Gasteiger partial charge in [0.1, 0.15) is 0 Å². The van der Waals surface area contributed by atoms with Gasteiger partial charge < -0.3 is 10.7 Å². The summed E-state index contributed by atoms with van der Waals surface area (Å²) >= 11 is 0. The van der Waals surface area contributed by atoms with Gasteiger partial charge in [0.05, 0.1) is 12.6 Å². The molecule has 1 saturated heterocycles. The molecule has 1 fully saturated rings. The molecule has 0 aliphatic carbocycles. The number of carbonyl (C=O) groups excluding carboxylic acids is 1. The van der Waals surface area contributed by atoms with Gasteiger partial charge in [0.2, 0.25) is 0 Å². The Labute approximate surface area is 125 Å². The van der Waals surface area contributed by atoms with Crippen molar-refractivity contribution in [2.45, 2.75) is 32.7 Å². The first-order valence-corrected chi connectivity index (χ1v) is 7.00. The Hall–Kier alpha value is -1.85. The molecule has 1 amide bonds. The SMILES string of the molecule is C.N[C@@H](Cc1c[nH]c2ccccc12)C(=O)N1CCCCO1. The van der Waals surface area contributed by atoms with E-state index in [1.54, 1.807) is 0 Å². The third-order valence-corrected chi connectivity index (χ3v) is 3.68. The predicted octanol–water partition coefficient (Wildman–Crippen LogP) is 2.23. The fraction of sp³-hybridized carbons (Fsp3) is 0.438. The molecule has 1 aromatic carbocycles. The zero-order valence-electron chi connectivity index (χ0n) is 11.3. The zero-order chi connectivity index (χ0) is 13.9. The summed E-state index contributed by atoms with van der Waals surface area (Å²) in [7, 11) is 0. The molecule has 1 atom stereocenters. The van der Waals surface area contributed by atoms with Gasteiger partial charge in [0, 0.05) is 23.6 Å². The van der Waals surface area contributed by atoms with Gasteiger partial charge in [-0.1, -0.05) is 25.6 Å². The molecule has 2 heterocycles. The minimum atomic E-state index is -0.563. The molecule has 0 spiro atoms. The Kier molecular flexibility index (Phi) is 4.98. The largest absolute Gasteiger partial charge is 0.361 e. The second-order valence-electron chi connectivity index (χ2n) is 5.15. The number of nitrogens with zero attached hydrogens (tertiary/aromatic N) is 1. The maximum atomic E-state index is 12.2. The minimum Gasteiger partial charge on any atom is -0.361 e. The number of rotatable bonds is 3. The van der Waals surface area contributed by atoms with Gasteiger partial charge in [-0.15, -0.1) is 0 Å². The number of amides is 1. The second-order valence-corrected chi connectivity index (χ2v) is 5.15. The Morgan fingerprint density at radius 2 is 2.19 bits per heavy atom. The van der Waals surface area contributed by atoms with Crippen LogP contribution in [-0.2, 0) is 16.1 Å². The molecule has 3 rings (SSSR count). The van der Waals surface area contributed by atoms with Gasteiger partial charge >= 0.3 is 0 Å². The van der Waals surface area contributed by atoms with E-state index in [9.17, 15) is 4.79 Å². The highest BCUT2D eigenvalue weighted by molar-refractivity contribution is 5.85. The van der Waals surface area contributed by atoms with E-state index in [0.29, 0.717) is 19.6 Å². The fourth-order valence-electron chi connectivity index (χ4n) is 2.58. The van der Waals surface area contributed by atoms with Gasteiger partial charge in [0.25, 0.3) is 5.91 Å². The second kappa shape index (κ2) is 6.74. The number of nitrogens with two attached hydrogens (primary N) is 1. The number of para-hydroxylation sites is 1. The van der Waals surface area contributed by atoms with Crippen LogP contribution in [0, 0.1) is 0 Å². The fourth-order valence-corrected chi connectivity index (χ4v) is 2.58. The van der Waals surface area contributed by atoms with Crippen LogP contribution in [0.15, 0.2) is 30.5 Å². The van der Waals surface area contributed by atoms with Crippen molar-refractivity contribution in [3.63, 3.8) is 0 Å². The topological polar surface area (TPSA) is 71.4 Å². The summed E-state index contributed by atoms with van der Waals surface area (Å²) in [5, 5.41) is 2.54. The summed E-state index contributed by atoms with van der Waals surface area (Å²) in [6.45, 7) is 1.24. The van der Waals surface area contributed by atoms with Gasteiger partial charge in [-0.05, 0) is 30.9 Å². The monoisotopic (exact) mass is 289 g/mol. The molecule has 2 aromatic rings.